The largest absolute Gasteiger partial charge is 0.370 e. The van der Waals surface area contributed by atoms with Crippen LogP contribution in [0.15, 0.2) is 23.6 Å². The Morgan fingerprint density at radius 1 is 1.28 bits per heavy atom. The van der Waals surface area contributed by atoms with E-state index in [0.29, 0.717) is 5.69 Å². The number of aromatic nitrogens is 1. The first-order valence-corrected chi connectivity index (χ1v) is 7.00. The van der Waals surface area contributed by atoms with Crippen molar-refractivity contribution in [3.05, 3.63) is 34.4 Å². The van der Waals surface area contributed by atoms with Crippen molar-refractivity contribution in [1.82, 2.24) is 4.98 Å². The molecule has 0 bridgehead atoms. The predicted molar refractivity (Wildman–Crippen MR) is 75.8 cm³/mol. The molecule has 0 aliphatic heterocycles. The van der Waals surface area contributed by atoms with E-state index in [-0.39, 0.29) is 5.82 Å². The number of halogens is 1. The van der Waals surface area contributed by atoms with Crippen LogP contribution in [0.25, 0.3) is 11.3 Å². The fourth-order valence-electron chi connectivity index (χ4n) is 1.98. The summed E-state index contributed by atoms with van der Waals surface area (Å²) in [6.07, 6.45) is 0. The molecule has 2 rings (SSSR count). The second-order valence-electron chi connectivity index (χ2n) is 4.09. The first-order chi connectivity index (χ1) is 8.65. The highest BCUT2D eigenvalue weighted by Crippen LogP contribution is 2.27. The van der Waals surface area contributed by atoms with E-state index in [1.165, 1.54) is 0 Å². The van der Waals surface area contributed by atoms with E-state index in [4.69, 9.17) is 0 Å². The molecule has 0 spiro atoms. The second kappa shape index (κ2) is 5.48. The summed E-state index contributed by atoms with van der Waals surface area (Å²) in [5.41, 5.74) is 2.35. The van der Waals surface area contributed by atoms with Crippen LogP contribution in [0.5, 0.6) is 0 Å². The maximum Gasteiger partial charge on any atom is 0.147 e. The van der Waals surface area contributed by atoms with Crippen molar-refractivity contribution in [2.24, 2.45) is 0 Å². The lowest BCUT2D eigenvalue weighted by Crippen LogP contribution is -2.22. The van der Waals surface area contributed by atoms with Gasteiger partial charge in [-0.3, -0.25) is 0 Å². The molecular weight excluding hydrogens is 247 g/mol. The summed E-state index contributed by atoms with van der Waals surface area (Å²) in [6.45, 7) is 7.63. The molecule has 0 aliphatic carbocycles. The zero-order chi connectivity index (χ0) is 13.1. The van der Waals surface area contributed by atoms with Crippen molar-refractivity contribution in [2.45, 2.75) is 20.8 Å². The number of nitrogens with zero attached hydrogens (tertiary/aromatic N) is 2. The average Bonchev–Trinajstić information content (AvgIpc) is 2.79. The third-order valence-electron chi connectivity index (χ3n) is 2.97. The van der Waals surface area contributed by atoms with Gasteiger partial charge in [0.2, 0.25) is 0 Å². The molecule has 0 aliphatic rings. The quantitative estimate of drug-likeness (QED) is 0.826. The van der Waals surface area contributed by atoms with Crippen molar-refractivity contribution in [1.29, 1.82) is 0 Å². The zero-order valence-corrected chi connectivity index (χ0v) is 11.7. The van der Waals surface area contributed by atoms with Crippen molar-refractivity contribution in [3.8, 4) is 11.3 Å². The summed E-state index contributed by atoms with van der Waals surface area (Å²) in [5.74, 6) is -0.179. The molecule has 0 unspecified atom stereocenters. The van der Waals surface area contributed by atoms with Gasteiger partial charge < -0.3 is 4.90 Å². The van der Waals surface area contributed by atoms with Crippen LogP contribution in [0, 0.1) is 12.7 Å². The molecule has 1 heterocycles. The molecule has 0 amide bonds. The van der Waals surface area contributed by atoms with Crippen LogP contribution < -0.4 is 4.90 Å². The maximum absolute atomic E-state index is 14.1. The van der Waals surface area contributed by atoms with Crippen LogP contribution in [-0.4, -0.2) is 18.1 Å². The Morgan fingerprint density at radius 2 is 2.00 bits per heavy atom. The smallest absolute Gasteiger partial charge is 0.147 e. The lowest BCUT2D eigenvalue weighted by Gasteiger charge is -2.21. The summed E-state index contributed by atoms with van der Waals surface area (Å²) in [5, 5.41) is 2.96. The summed E-state index contributed by atoms with van der Waals surface area (Å²) in [7, 11) is 0. The molecule has 1 aromatic heterocycles. The minimum atomic E-state index is -0.179. The molecule has 18 heavy (non-hydrogen) atoms. The van der Waals surface area contributed by atoms with Gasteiger partial charge in [-0.15, -0.1) is 11.3 Å². The molecule has 1 aromatic carbocycles. The van der Waals surface area contributed by atoms with Crippen molar-refractivity contribution in [2.75, 3.05) is 18.0 Å². The molecule has 0 radical (unpaired) electrons. The van der Waals surface area contributed by atoms with E-state index in [1.807, 2.05) is 43.2 Å². The third kappa shape index (κ3) is 2.53. The van der Waals surface area contributed by atoms with Gasteiger partial charge in [-0.05, 0) is 32.9 Å². The molecule has 0 saturated heterocycles. The summed E-state index contributed by atoms with van der Waals surface area (Å²) >= 11 is 1.58. The highest BCUT2D eigenvalue weighted by Gasteiger charge is 2.10. The van der Waals surface area contributed by atoms with E-state index in [0.717, 1.165) is 29.4 Å². The van der Waals surface area contributed by atoms with Crippen LogP contribution in [0.4, 0.5) is 10.1 Å². The number of aryl methyl sites for hydroxylation is 1. The fourth-order valence-corrected chi connectivity index (χ4v) is 2.61. The predicted octanol–water partition coefficient (Wildman–Crippen LogP) is 4.10. The van der Waals surface area contributed by atoms with Crippen LogP contribution in [0.3, 0.4) is 0 Å². The first kappa shape index (κ1) is 13.0. The van der Waals surface area contributed by atoms with Crippen LogP contribution in [0.1, 0.15) is 18.9 Å². The van der Waals surface area contributed by atoms with Crippen molar-refractivity contribution >= 4 is 17.0 Å². The molecule has 0 saturated carbocycles. The number of hydrogen-bond acceptors (Lipinski definition) is 3. The van der Waals surface area contributed by atoms with Gasteiger partial charge in [0.25, 0.3) is 0 Å². The fraction of sp³-hybridized carbons (Fsp3) is 0.357. The monoisotopic (exact) mass is 264 g/mol. The Kier molecular flexibility index (Phi) is 3.97. The van der Waals surface area contributed by atoms with Crippen LogP contribution in [0.2, 0.25) is 0 Å². The normalized spacial score (nSPS) is 10.7. The van der Waals surface area contributed by atoms with Gasteiger partial charge in [0.15, 0.2) is 0 Å². The Labute approximate surface area is 111 Å². The zero-order valence-electron chi connectivity index (χ0n) is 10.9. The number of rotatable bonds is 4. The molecule has 2 nitrogen and oxygen atoms in total. The molecule has 0 N–H and O–H groups in total. The van der Waals surface area contributed by atoms with Gasteiger partial charge in [-0.25, -0.2) is 9.37 Å². The SMILES string of the molecule is CCN(CC)c1ccc(-c2csc(C)n2)cc1F. The van der Waals surface area contributed by atoms with Gasteiger partial charge in [0.1, 0.15) is 5.82 Å². The Balaban J connectivity index is 2.35. The summed E-state index contributed by atoms with van der Waals surface area (Å²) in [4.78, 5) is 6.38. The van der Waals surface area contributed by atoms with Gasteiger partial charge in [-0.2, -0.15) is 0 Å². The molecule has 2 aromatic rings. The standard InChI is InChI=1S/C14H17FN2S/c1-4-17(5-2)14-7-6-11(8-12(14)15)13-9-18-10(3)16-13/h6-9H,4-5H2,1-3H3. The Morgan fingerprint density at radius 3 is 2.50 bits per heavy atom. The van der Waals surface area contributed by atoms with Crippen LogP contribution >= 0.6 is 11.3 Å². The highest BCUT2D eigenvalue weighted by molar-refractivity contribution is 7.09. The second-order valence-corrected chi connectivity index (χ2v) is 5.15. The first-order valence-electron chi connectivity index (χ1n) is 6.12. The van der Waals surface area contributed by atoms with Gasteiger partial charge >= 0.3 is 0 Å². The molecule has 96 valence electrons. The van der Waals surface area contributed by atoms with E-state index in [9.17, 15) is 4.39 Å². The summed E-state index contributed by atoms with van der Waals surface area (Å²) in [6, 6.07) is 5.35. The summed E-state index contributed by atoms with van der Waals surface area (Å²) < 4.78 is 14.1. The maximum atomic E-state index is 14.1. The Hall–Kier alpha value is -1.42. The molecule has 4 heteroatoms. The number of hydrogen-bond donors (Lipinski definition) is 0. The topological polar surface area (TPSA) is 16.1 Å². The van der Waals surface area contributed by atoms with Crippen LogP contribution in [-0.2, 0) is 0 Å². The van der Waals surface area contributed by atoms with Crippen molar-refractivity contribution < 1.29 is 4.39 Å². The van der Waals surface area contributed by atoms with E-state index < -0.39 is 0 Å². The number of anilines is 1. The van der Waals surface area contributed by atoms with Crippen molar-refractivity contribution in [3.63, 3.8) is 0 Å². The lowest BCUT2D eigenvalue weighted by molar-refractivity contribution is 0.620. The van der Waals surface area contributed by atoms with E-state index in [2.05, 4.69) is 4.98 Å². The number of benzene rings is 1. The molecular formula is C14H17FN2S. The number of thiazole rings is 1. The van der Waals surface area contributed by atoms with Gasteiger partial charge in [-0.1, -0.05) is 6.07 Å². The van der Waals surface area contributed by atoms with Gasteiger partial charge in [0.05, 0.1) is 16.4 Å². The average molecular weight is 264 g/mol. The van der Waals surface area contributed by atoms with E-state index >= 15 is 0 Å². The lowest BCUT2D eigenvalue weighted by atomic mass is 10.1. The van der Waals surface area contributed by atoms with Gasteiger partial charge in [0, 0.05) is 24.0 Å². The minimum Gasteiger partial charge on any atom is -0.370 e. The Bertz CT molecular complexity index is 532. The minimum absolute atomic E-state index is 0.179. The third-order valence-corrected chi connectivity index (χ3v) is 3.74. The highest BCUT2D eigenvalue weighted by atomic mass is 32.1. The molecule has 0 fully saturated rings. The molecule has 0 atom stereocenters. The van der Waals surface area contributed by atoms with E-state index in [1.54, 1.807) is 17.4 Å².